The highest BCUT2D eigenvalue weighted by Gasteiger charge is 2.34. The summed E-state index contributed by atoms with van der Waals surface area (Å²) in [6.07, 6.45) is 2.98. The normalized spacial score (nSPS) is 12.7. The van der Waals surface area contributed by atoms with Crippen molar-refractivity contribution in [2.24, 2.45) is 0 Å². The molecule has 7 nitrogen and oxygen atoms in total. The van der Waals surface area contributed by atoms with Gasteiger partial charge in [0.05, 0.1) is 24.3 Å². The highest BCUT2D eigenvalue weighted by Crippen LogP contribution is 2.24. The fourth-order valence-corrected chi connectivity index (χ4v) is 3.56. The number of anilines is 1. The third kappa shape index (κ3) is 4.94. The maximum absolute atomic E-state index is 12.6. The molecule has 1 aliphatic heterocycles. The van der Waals surface area contributed by atoms with Crippen molar-refractivity contribution in [3.8, 4) is 0 Å². The molecule has 170 valence electrons. The van der Waals surface area contributed by atoms with Crippen molar-refractivity contribution in [3.05, 3.63) is 107 Å². The monoisotopic (exact) mass is 454 g/mol. The van der Waals surface area contributed by atoms with Crippen molar-refractivity contribution in [1.29, 1.82) is 0 Å². The van der Waals surface area contributed by atoms with Crippen LogP contribution in [0, 0.1) is 0 Å². The molecule has 3 amide bonds. The summed E-state index contributed by atoms with van der Waals surface area (Å²) in [5, 5.41) is 2.82. The zero-order valence-corrected chi connectivity index (χ0v) is 18.5. The van der Waals surface area contributed by atoms with Crippen LogP contribution in [-0.2, 0) is 16.1 Å². The van der Waals surface area contributed by atoms with Crippen LogP contribution in [0.1, 0.15) is 49.1 Å². The van der Waals surface area contributed by atoms with E-state index in [9.17, 15) is 19.2 Å². The molecule has 34 heavy (non-hydrogen) atoms. The summed E-state index contributed by atoms with van der Waals surface area (Å²) in [4.78, 5) is 50.2. The second-order valence-corrected chi connectivity index (χ2v) is 7.60. The molecule has 0 radical (unpaired) electrons. The van der Waals surface area contributed by atoms with Crippen molar-refractivity contribution >= 4 is 35.5 Å². The first-order valence-corrected chi connectivity index (χ1v) is 10.8. The Labute approximate surface area is 196 Å². The van der Waals surface area contributed by atoms with Gasteiger partial charge in [-0.3, -0.25) is 19.3 Å². The van der Waals surface area contributed by atoms with E-state index in [1.54, 1.807) is 85.8 Å². The van der Waals surface area contributed by atoms with E-state index in [-0.39, 0.29) is 24.3 Å². The molecule has 0 saturated heterocycles. The fraction of sp³-hybridized carbons (Fsp3) is 0.111. The van der Waals surface area contributed by atoms with E-state index in [1.165, 1.54) is 11.0 Å². The number of hydrogen-bond acceptors (Lipinski definition) is 5. The Kier molecular flexibility index (Phi) is 6.64. The summed E-state index contributed by atoms with van der Waals surface area (Å²) in [5.74, 6) is -1.33. The lowest BCUT2D eigenvalue weighted by Gasteiger charge is -2.14. The van der Waals surface area contributed by atoms with Crippen LogP contribution in [-0.4, -0.2) is 35.2 Å². The molecule has 0 aromatic heterocycles. The molecular formula is C27H22N2O5. The minimum absolute atomic E-state index is 0.134. The van der Waals surface area contributed by atoms with E-state index < -0.39 is 5.97 Å². The van der Waals surface area contributed by atoms with E-state index in [0.29, 0.717) is 29.0 Å². The number of carbonyl (C=O) groups is 4. The first kappa shape index (κ1) is 22.7. The van der Waals surface area contributed by atoms with Crippen LogP contribution >= 0.6 is 0 Å². The van der Waals surface area contributed by atoms with E-state index in [4.69, 9.17) is 4.74 Å². The molecule has 1 heterocycles. The van der Waals surface area contributed by atoms with Gasteiger partial charge in [0, 0.05) is 17.3 Å². The van der Waals surface area contributed by atoms with Crippen LogP contribution in [0.2, 0.25) is 0 Å². The van der Waals surface area contributed by atoms with E-state index in [2.05, 4.69) is 5.32 Å². The third-order valence-electron chi connectivity index (χ3n) is 5.30. The predicted octanol–water partition coefficient (Wildman–Crippen LogP) is 4.31. The number of imide groups is 1. The standard InChI is InChI=1S/C27H22N2O5/c1-2-34-24(30)16-11-18-9-14-21(15-10-18)28-25(31)20-12-7-19(8-13-20)17-29-26(32)22-5-3-4-6-23(22)27(29)33/h3-16H,2,17H2,1H3,(H,28,31)/b16-11+. The van der Waals surface area contributed by atoms with Gasteiger partial charge in [0.2, 0.25) is 0 Å². The summed E-state index contributed by atoms with van der Waals surface area (Å²) in [6.45, 7) is 2.19. The minimum atomic E-state index is -0.411. The number of fused-ring (bicyclic) bond motifs is 1. The number of hydrogen-bond donors (Lipinski definition) is 1. The maximum atomic E-state index is 12.6. The topological polar surface area (TPSA) is 92.8 Å². The SMILES string of the molecule is CCOC(=O)/C=C/c1ccc(NC(=O)c2ccc(CN3C(=O)c4ccccc4C3=O)cc2)cc1. The number of nitrogens with zero attached hydrogens (tertiary/aromatic N) is 1. The number of nitrogens with one attached hydrogen (secondary N) is 1. The Morgan fingerprint density at radius 2 is 1.50 bits per heavy atom. The van der Waals surface area contributed by atoms with Crippen molar-refractivity contribution in [1.82, 2.24) is 4.90 Å². The second kappa shape index (κ2) is 9.95. The highest BCUT2D eigenvalue weighted by atomic mass is 16.5. The first-order valence-electron chi connectivity index (χ1n) is 10.8. The van der Waals surface area contributed by atoms with E-state index in [0.717, 1.165) is 11.1 Å². The van der Waals surface area contributed by atoms with Gasteiger partial charge in [0.1, 0.15) is 0 Å². The van der Waals surface area contributed by atoms with Crippen molar-refractivity contribution in [3.63, 3.8) is 0 Å². The van der Waals surface area contributed by atoms with Crippen molar-refractivity contribution in [2.45, 2.75) is 13.5 Å². The second-order valence-electron chi connectivity index (χ2n) is 7.60. The number of benzene rings is 3. The van der Waals surface area contributed by atoms with Crippen molar-refractivity contribution < 1.29 is 23.9 Å². The van der Waals surface area contributed by atoms with Crippen molar-refractivity contribution in [2.75, 3.05) is 11.9 Å². The lowest BCUT2D eigenvalue weighted by Crippen LogP contribution is -2.29. The zero-order chi connectivity index (χ0) is 24.1. The van der Waals surface area contributed by atoms with Gasteiger partial charge in [-0.2, -0.15) is 0 Å². The average molecular weight is 454 g/mol. The Balaban J connectivity index is 1.36. The molecule has 0 bridgehead atoms. The molecule has 0 atom stereocenters. The molecule has 0 fully saturated rings. The molecule has 0 spiro atoms. The third-order valence-corrected chi connectivity index (χ3v) is 5.30. The predicted molar refractivity (Wildman–Crippen MR) is 127 cm³/mol. The molecule has 3 aromatic rings. The molecule has 0 aliphatic carbocycles. The first-order chi connectivity index (χ1) is 16.5. The van der Waals surface area contributed by atoms with Gasteiger partial charge in [0.25, 0.3) is 17.7 Å². The van der Waals surface area contributed by atoms with Crippen LogP contribution in [0.4, 0.5) is 5.69 Å². The summed E-state index contributed by atoms with van der Waals surface area (Å²) < 4.78 is 4.84. The van der Waals surface area contributed by atoms with E-state index >= 15 is 0 Å². The molecule has 1 N–H and O–H groups in total. The van der Waals surface area contributed by atoms with Gasteiger partial charge in [-0.05, 0) is 60.5 Å². The smallest absolute Gasteiger partial charge is 0.330 e. The van der Waals surface area contributed by atoms with Crippen LogP contribution in [0.15, 0.2) is 78.9 Å². The van der Waals surface area contributed by atoms with Gasteiger partial charge in [-0.25, -0.2) is 4.79 Å². The molecule has 4 rings (SSSR count). The van der Waals surface area contributed by atoms with Gasteiger partial charge < -0.3 is 10.1 Å². The fourth-order valence-electron chi connectivity index (χ4n) is 3.56. The van der Waals surface area contributed by atoms with Gasteiger partial charge >= 0.3 is 5.97 Å². The summed E-state index contributed by atoms with van der Waals surface area (Å²) in [5.41, 5.74) is 3.40. The molecular weight excluding hydrogens is 432 g/mol. The lowest BCUT2D eigenvalue weighted by atomic mass is 10.1. The maximum Gasteiger partial charge on any atom is 0.330 e. The Bertz CT molecular complexity index is 1240. The lowest BCUT2D eigenvalue weighted by molar-refractivity contribution is -0.137. The van der Waals surface area contributed by atoms with Crippen LogP contribution in [0.25, 0.3) is 6.08 Å². The Hall–Kier alpha value is -4.52. The highest BCUT2D eigenvalue weighted by molar-refractivity contribution is 6.21. The van der Waals surface area contributed by atoms with E-state index in [1.807, 2.05) is 0 Å². The Morgan fingerprint density at radius 3 is 2.09 bits per heavy atom. The van der Waals surface area contributed by atoms with Crippen LogP contribution < -0.4 is 5.32 Å². The summed E-state index contributed by atoms with van der Waals surface area (Å²) in [7, 11) is 0. The number of rotatable bonds is 7. The molecule has 7 heteroatoms. The number of amides is 3. The molecule has 3 aromatic carbocycles. The molecule has 0 saturated carbocycles. The molecule has 1 aliphatic rings. The van der Waals surface area contributed by atoms with Crippen LogP contribution in [0.5, 0.6) is 0 Å². The number of carbonyl (C=O) groups excluding carboxylic acids is 4. The largest absolute Gasteiger partial charge is 0.463 e. The molecule has 0 unspecified atom stereocenters. The Morgan fingerprint density at radius 1 is 0.882 bits per heavy atom. The van der Waals surface area contributed by atoms with Gasteiger partial charge in [-0.15, -0.1) is 0 Å². The summed E-state index contributed by atoms with van der Waals surface area (Å²) >= 11 is 0. The number of ether oxygens (including phenoxy) is 1. The number of esters is 1. The summed E-state index contributed by atoms with van der Waals surface area (Å²) in [6, 6.07) is 20.5. The van der Waals surface area contributed by atoms with Gasteiger partial charge in [0.15, 0.2) is 0 Å². The van der Waals surface area contributed by atoms with Gasteiger partial charge in [-0.1, -0.05) is 36.4 Å². The van der Waals surface area contributed by atoms with Crippen LogP contribution in [0.3, 0.4) is 0 Å². The average Bonchev–Trinajstić information content (AvgIpc) is 3.09. The quantitative estimate of drug-likeness (QED) is 0.326. The zero-order valence-electron chi connectivity index (χ0n) is 18.5. The minimum Gasteiger partial charge on any atom is -0.463 e.